The lowest BCUT2D eigenvalue weighted by molar-refractivity contribution is -0.139. The van der Waals surface area contributed by atoms with E-state index in [0.717, 1.165) is 25.2 Å². The van der Waals surface area contributed by atoms with Gasteiger partial charge >= 0.3 is 0 Å². The van der Waals surface area contributed by atoms with Crippen molar-refractivity contribution in [1.29, 1.82) is 0 Å². The molecule has 0 aliphatic carbocycles. The third kappa shape index (κ3) is 4.64. The third-order valence-corrected chi connectivity index (χ3v) is 4.16. The summed E-state index contributed by atoms with van der Waals surface area (Å²) in [4.78, 5) is 25.8. The van der Waals surface area contributed by atoms with Gasteiger partial charge in [0.2, 0.25) is 11.8 Å². The van der Waals surface area contributed by atoms with Crippen LogP contribution in [0.2, 0.25) is 0 Å². The molecule has 1 atom stereocenters. The number of halogens is 3. The molecule has 8 heteroatoms. The number of carbonyl (C=O) groups is 2. The van der Waals surface area contributed by atoms with Crippen LogP contribution in [0.25, 0.3) is 0 Å². The number of nitrogens with zero attached hydrogens (tertiary/aromatic N) is 1. The lowest BCUT2D eigenvalue weighted by Gasteiger charge is -2.34. The Kier molecular flexibility index (Phi) is 7.57. The summed E-state index contributed by atoms with van der Waals surface area (Å²) in [6.07, 6.45) is 0. The summed E-state index contributed by atoms with van der Waals surface area (Å²) in [5.74, 6) is -2.35. The van der Waals surface area contributed by atoms with Gasteiger partial charge < -0.3 is 15.5 Å². The summed E-state index contributed by atoms with van der Waals surface area (Å²) in [7, 11) is 0. The van der Waals surface area contributed by atoms with Gasteiger partial charge in [0.1, 0.15) is 17.3 Å². The van der Waals surface area contributed by atoms with E-state index >= 15 is 0 Å². The number of likely N-dealkylation sites (N-methyl/N-ethyl adjacent to an activating group) is 1. The molecule has 1 aliphatic heterocycles. The standard InChI is InChI=1S/C16H21F2N3O2.ClH/c1-3-21(16(23)10(2)11-7-19-8-11)9-14(22)20-15-12(17)5-4-6-13(15)18;/h4-6,10-11,19H,3,7-9H2,1-2H3,(H,20,22);1H. The fourth-order valence-electron chi connectivity index (χ4n) is 2.47. The van der Waals surface area contributed by atoms with Gasteiger partial charge in [-0.05, 0) is 38.1 Å². The van der Waals surface area contributed by atoms with Crippen LogP contribution in [0.3, 0.4) is 0 Å². The summed E-state index contributed by atoms with van der Waals surface area (Å²) < 4.78 is 27.1. The van der Waals surface area contributed by atoms with Crippen LogP contribution in [-0.2, 0) is 9.59 Å². The van der Waals surface area contributed by atoms with Gasteiger partial charge in [0, 0.05) is 12.5 Å². The highest BCUT2D eigenvalue weighted by Gasteiger charge is 2.31. The van der Waals surface area contributed by atoms with E-state index in [1.165, 1.54) is 11.0 Å². The van der Waals surface area contributed by atoms with Gasteiger partial charge in [-0.3, -0.25) is 9.59 Å². The number of rotatable bonds is 6. The van der Waals surface area contributed by atoms with Gasteiger partial charge in [-0.1, -0.05) is 13.0 Å². The lowest BCUT2D eigenvalue weighted by Crippen LogP contribution is -2.51. The molecular weight excluding hydrogens is 340 g/mol. The molecule has 0 radical (unpaired) electrons. The highest BCUT2D eigenvalue weighted by Crippen LogP contribution is 2.20. The molecule has 24 heavy (non-hydrogen) atoms. The van der Waals surface area contributed by atoms with E-state index in [2.05, 4.69) is 10.6 Å². The van der Waals surface area contributed by atoms with Crippen LogP contribution in [0.1, 0.15) is 13.8 Å². The highest BCUT2D eigenvalue weighted by molar-refractivity contribution is 5.95. The lowest BCUT2D eigenvalue weighted by atomic mass is 9.88. The maximum absolute atomic E-state index is 13.5. The Balaban J connectivity index is 0.00000288. The largest absolute Gasteiger partial charge is 0.333 e. The first-order valence-electron chi connectivity index (χ1n) is 7.67. The van der Waals surface area contributed by atoms with E-state index < -0.39 is 23.2 Å². The summed E-state index contributed by atoms with van der Waals surface area (Å²) in [5, 5.41) is 5.31. The van der Waals surface area contributed by atoms with Crippen LogP contribution >= 0.6 is 12.4 Å². The highest BCUT2D eigenvalue weighted by atomic mass is 35.5. The Morgan fingerprint density at radius 3 is 2.38 bits per heavy atom. The fraction of sp³-hybridized carbons (Fsp3) is 0.500. The molecular formula is C16H22ClF2N3O2. The second kappa shape index (κ2) is 8.94. The second-order valence-corrected chi connectivity index (χ2v) is 5.70. The van der Waals surface area contributed by atoms with Crippen molar-refractivity contribution in [2.24, 2.45) is 11.8 Å². The van der Waals surface area contributed by atoms with Crippen molar-refractivity contribution in [2.75, 3.05) is 31.5 Å². The topological polar surface area (TPSA) is 61.4 Å². The van der Waals surface area contributed by atoms with Gasteiger partial charge in [0.15, 0.2) is 0 Å². The molecule has 1 heterocycles. The molecule has 0 bridgehead atoms. The van der Waals surface area contributed by atoms with Crippen molar-refractivity contribution in [3.63, 3.8) is 0 Å². The molecule has 1 aromatic rings. The first-order valence-corrected chi connectivity index (χ1v) is 7.67. The maximum Gasteiger partial charge on any atom is 0.244 e. The first kappa shape index (κ1) is 20.3. The number of hydrogen-bond acceptors (Lipinski definition) is 3. The van der Waals surface area contributed by atoms with Gasteiger partial charge in [-0.15, -0.1) is 12.4 Å². The van der Waals surface area contributed by atoms with Crippen molar-refractivity contribution < 1.29 is 18.4 Å². The van der Waals surface area contributed by atoms with E-state index in [4.69, 9.17) is 0 Å². The van der Waals surface area contributed by atoms with Crippen LogP contribution in [-0.4, -0.2) is 42.9 Å². The fourth-order valence-corrected chi connectivity index (χ4v) is 2.47. The summed E-state index contributed by atoms with van der Waals surface area (Å²) in [6, 6.07) is 3.34. The quantitative estimate of drug-likeness (QED) is 0.815. The maximum atomic E-state index is 13.5. The van der Waals surface area contributed by atoms with E-state index in [0.29, 0.717) is 6.54 Å². The molecule has 2 rings (SSSR count). The number of para-hydroxylation sites is 1. The monoisotopic (exact) mass is 361 g/mol. The summed E-state index contributed by atoms with van der Waals surface area (Å²) >= 11 is 0. The molecule has 2 amide bonds. The predicted molar refractivity (Wildman–Crippen MR) is 90.0 cm³/mol. The summed E-state index contributed by atoms with van der Waals surface area (Å²) in [5.41, 5.74) is -0.489. The minimum absolute atomic E-state index is 0. The van der Waals surface area contributed by atoms with Crippen LogP contribution < -0.4 is 10.6 Å². The minimum atomic E-state index is -0.846. The number of hydrogen-bond donors (Lipinski definition) is 2. The number of carbonyl (C=O) groups excluding carboxylic acids is 2. The molecule has 5 nitrogen and oxygen atoms in total. The molecule has 1 fully saturated rings. The predicted octanol–water partition coefficient (Wildman–Crippen LogP) is 2.03. The zero-order valence-electron chi connectivity index (χ0n) is 13.6. The van der Waals surface area contributed by atoms with Crippen LogP contribution in [0.4, 0.5) is 14.5 Å². The molecule has 1 aromatic carbocycles. The van der Waals surface area contributed by atoms with Crippen LogP contribution in [0.5, 0.6) is 0 Å². The first-order chi connectivity index (χ1) is 10.9. The zero-order chi connectivity index (χ0) is 17.0. The molecule has 1 aliphatic rings. The van der Waals surface area contributed by atoms with Crippen molar-refractivity contribution in [3.8, 4) is 0 Å². The third-order valence-electron chi connectivity index (χ3n) is 4.16. The second-order valence-electron chi connectivity index (χ2n) is 5.70. The molecule has 1 unspecified atom stereocenters. The molecule has 0 saturated carbocycles. The minimum Gasteiger partial charge on any atom is -0.333 e. The van der Waals surface area contributed by atoms with Gasteiger partial charge in [0.05, 0.1) is 6.54 Å². The number of nitrogens with one attached hydrogen (secondary N) is 2. The van der Waals surface area contributed by atoms with Gasteiger partial charge in [-0.25, -0.2) is 8.78 Å². The van der Waals surface area contributed by atoms with E-state index in [1.807, 2.05) is 6.92 Å². The number of benzene rings is 1. The average molecular weight is 362 g/mol. The Morgan fingerprint density at radius 1 is 1.33 bits per heavy atom. The van der Waals surface area contributed by atoms with Crippen LogP contribution in [0.15, 0.2) is 18.2 Å². The zero-order valence-corrected chi connectivity index (χ0v) is 14.5. The van der Waals surface area contributed by atoms with Crippen molar-refractivity contribution >= 4 is 29.9 Å². The molecule has 0 aromatic heterocycles. The van der Waals surface area contributed by atoms with E-state index in [9.17, 15) is 18.4 Å². The van der Waals surface area contributed by atoms with Crippen LogP contribution in [0, 0.1) is 23.5 Å². The Bertz CT molecular complexity index is 576. The number of anilines is 1. The summed E-state index contributed by atoms with van der Waals surface area (Å²) in [6.45, 7) is 5.31. The SMILES string of the molecule is CCN(CC(=O)Nc1c(F)cccc1F)C(=O)C(C)C1CNC1.Cl. The Hall–Kier alpha value is -1.73. The molecule has 0 spiro atoms. The van der Waals surface area contributed by atoms with E-state index in [1.54, 1.807) is 6.92 Å². The smallest absolute Gasteiger partial charge is 0.244 e. The van der Waals surface area contributed by atoms with Crippen molar-refractivity contribution in [1.82, 2.24) is 10.2 Å². The Morgan fingerprint density at radius 2 is 1.92 bits per heavy atom. The molecule has 2 N–H and O–H groups in total. The average Bonchev–Trinajstić information content (AvgIpc) is 2.46. The normalized spacial score (nSPS) is 15.0. The van der Waals surface area contributed by atoms with E-state index in [-0.39, 0.29) is 36.7 Å². The molecule has 134 valence electrons. The molecule has 1 saturated heterocycles. The van der Waals surface area contributed by atoms with Gasteiger partial charge in [0.25, 0.3) is 0 Å². The van der Waals surface area contributed by atoms with Gasteiger partial charge in [-0.2, -0.15) is 0 Å². The number of amides is 2. The van der Waals surface area contributed by atoms with Crippen molar-refractivity contribution in [2.45, 2.75) is 13.8 Å². The van der Waals surface area contributed by atoms with Crippen molar-refractivity contribution in [3.05, 3.63) is 29.8 Å². The Labute approximate surface area is 146 Å².